The van der Waals surface area contributed by atoms with Crippen LogP contribution in [0, 0.1) is 26.6 Å². The van der Waals surface area contributed by atoms with Crippen LogP contribution in [0.1, 0.15) is 32.9 Å². The maximum atomic E-state index is 13.2. The van der Waals surface area contributed by atoms with Crippen molar-refractivity contribution in [1.29, 1.82) is 0 Å². The number of nitrogens with zero attached hydrogens (tertiary/aromatic N) is 1. The molecule has 0 N–H and O–H groups in total. The Morgan fingerprint density at radius 3 is 2.17 bits per heavy atom. The van der Waals surface area contributed by atoms with E-state index in [9.17, 15) is 9.18 Å². The Labute approximate surface area is 105 Å². The highest BCUT2D eigenvalue weighted by atomic mass is 19.1. The first-order valence-electron chi connectivity index (χ1n) is 5.73. The lowest BCUT2D eigenvalue weighted by atomic mass is 10.0. The number of hydrogen-bond donors (Lipinski definition) is 0. The predicted octanol–water partition coefficient (Wildman–Crippen LogP) is 3.38. The number of aryl methyl sites for hydroxylation is 3. The molecule has 2 aromatic rings. The second kappa shape index (κ2) is 4.69. The van der Waals surface area contributed by atoms with E-state index in [0.717, 1.165) is 11.4 Å². The maximum Gasteiger partial charge on any atom is 0.193 e. The number of carbonyl (C=O) groups is 1. The summed E-state index contributed by atoms with van der Waals surface area (Å²) in [6.07, 6.45) is 0. The third-order valence-electron chi connectivity index (χ3n) is 2.76. The summed E-state index contributed by atoms with van der Waals surface area (Å²) in [5.41, 5.74) is 3.17. The van der Waals surface area contributed by atoms with Crippen LogP contribution in [0.15, 0.2) is 30.3 Å². The van der Waals surface area contributed by atoms with Gasteiger partial charge in [0.15, 0.2) is 5.78 Å². The molecule has 0 aliphatic heterocycles. The zero-order valence-electron chi connectivity index (χ0n) is 10.6. The molecule has 0 aliphatic carbocycles. The number of aromatic nitrogens is 1. The van der Waals surface area contributed by atoms with Crippen LogP contribution in [-0.2, 0) is 0 Å². The molecule has 0 aliphatic rings. The van der Waals surface area contributed by atoms with Crippen LogP contribution in [0.4, 0.5) is 4.39 Å². The summed E-state index contributed by atoms with van der Waals surface area (Å²) < 4.78 is 13.2. The van der Waals surface area contributed by atoms with E-state index in [1.165, 1.54) is 12.1 Å². The van der Waals surface area contributed by atoms with Crippen LogP contribution in [-0.4, -0.2) is 10.8 Å². The van der Waals surface area contributed by atoms with Gasteiger partial charge >= 0.3 is 0 Å². The van der Waals surface area contributed by atoms with Gasteiger partial charge in [0.25, 0.3) is 0 Å². The van der Waals surface area contributed by atoms with Gasteiger partial charge in [-0.3, -0.25) is 9.78 Å². The van der Waals surface area contributed by atoms with E-state index in [4.69, 9.17) is 0 Å². The van der Waals surface area contributed by atoms with Crippen molar-refractivity contribution in [3.8, 4) is 0 Å². The fraction of sp³-hybridized carbons (Fsp3) is 0.200. The molecule has 0 amide bonds. The van der Waals surface area contributed by atoms with Crippen molar-refractivity contribution in [2.45, 2.75) is 20.8 Å². The number of carbonyl (C=O) groups excluding carboxylic acids is 1. The van der Waals surface area contributed by atoms with Gasteiger partial charge in [0, 0.05) is 22.5 Å². The molecular weight excluding hydrogens is 229 g/mol. The number of ketones is 1. The van der Waals surface area contributed by atoms with Gasteiger partial charge in [-0.1, -0.05) is 0 Å². The van der Waals surface area contributed by atoms with Crippen LogP contribution >= 0.6 is 0 Å². The highest BCUT2D eigenvalue weighted by Crippen LogP contribution is 2.15. The highest BCUT2D eigenvalue weighted by Gasteiger charge is 2.11. The average Bonchev–Trinajstić information content (AvgIpc) is 2.30. The highest BCUT2D eigenvalue weighted by molar-refractivity contribution is 6.09. The van der Waals surface area contributed by atoms with Crippen LogP contribution in [0.2, 0.25) is 0 Å². The Balaban J connectivity index is 2.44. The molecule has 1 aromatic heterocycles. The van der Waals surface area contributed by atoms with Crippen molar-refractivity contribution in [3.63, 3.8) is 0 Å². The number of halogens is 1. The number of hydrogen-bond acceptors (Lipinski definition) is 2. The van der Waals surface area contributed by atoms with Crippen molar-refractivity contribution < 1.29 is 9.18 Å². The minimum Gasteiger partial charge on any atom is -0.289 e. The van der Waals surface area contributed by atoms with Gasteiger partial charge in [-0.15, -0.1) is 0 Å². The van der Waals surface area contributed by atoms with Crippen molar-refractivity contribution >= 4 is 5.78 Å². The summed E-state index contributed by atoms with van der Waals surface area (Å²) in [6, 6.07) is 7.89. The molecule has 0 fully saturated rings. The topological polar surface area (TPSA) is 30.0 Å². The minimum atomic E-state index is -0.298. The summed E-state index contributed by atoms with van der Waals surface area (Å²) in [5.74, 6) is -0.402. The van der Waals surface area contributed by atoms with E-state index >= 15 is 0 Å². The third-order valence-corrected chi connectivity index (χ3v) is 2.76. The van der Waals surface area contributed by atoms with Crippen molar-refractivity contribution in [3.05, 3.63) is 64.2 Å². The molecule has 0 radical (unpaired) electrons. The molecule has 1 aromatic carbocycles. The van der Waals surface area contributed by atoms with Crippen molar-refractivity contribution in [2.24, 2.45) is 0 Å². The molecule has 0 atom stereocenters. The first-order valence-corrected chi connectivity index (χ1v) is 5.73. The Bertz CT molecular complexity index is 600. The van der Waals surface area contributed by atoms with Crippen LogP contribution in [0.5, 0.6) is 0 Å². The number of benzene rings is 1. The van der Waals surface area contributed by atoms with E-state index < -0.39 is 0 Å². The summed E-state index contributed by atoms with van der Waals surface area (Å²) in [7, 11) is 0. The number of rotatable bonds is 2. The molecular formula is C15H14FNO. The zero-order valence-corrected chi connectivity index (χ0v) is 10.6. The lowest BCUT2D eigenvalue weighted by Gasteiger charge is -2.05. The normalized spacial score (nSPS) is 10.4. The van der Waals surface area contributed by atoms with Gasteiger partial charge in [0.2, 0.25) is 0 Å². The maximum absolute atomic E-state index is 13.2. The molecule has 0 saturated heterocycles. The predicted molar refractivity (Wildman–Crippen MR) is 68.3 cm³/mol. The Morgan fingerprint density at radius 2 is 1.61 bits per heavy atom. The Hall–Kier alpha value is -2.03. The smallest absolute Gasteiger partial charge is 0.193 e. The fourth-order valence-corrected chi connectivity index (χ4v) is 1.92. The summed E-state index contributed by atoms with van der Waals surface area (Å²) in [4.78, 5) is 16.5. The molecule has 0 bridgehead atoms. The minimum absolute atomic E-state index is 0.105. The van der Waals surface area contributed by atoms with Gasteiger partial charge in [-0.25, -0.2) is 4.39 Å². The molecule has 92 valence electrons. The van der Waals surface area contributed by atoms with Crippen molar-refractivity contribution in [2.75, 3.05) is 0 Å². The first-order chi connectivity index (χ1) is 8.47. The number of pyridine rings is 1. The summed E-state index contributed by atoms with van der Waals surface area (Å²) in [6.45, 7) is 5.34. The second-order valence-corrected chi connectivity index (χ2v) is 4.43. The summed E-state index contributed by atoms with van der Waals surface area (Å²) in [5, 5.41) is 0. The SMILES string of the molecule is Cc1cc(C(=O)c2ccc(F)c(C)c2)cc(C)n1. The lowest BCUT2D eigenvalue weighted by molar-refractivity contribution is 0.103. The molecule has 0 unspecified atom stereocenters. The molecule has 3 heteroatoms. The van der Waals surface area contributed by atoms with Gasteiger partial charge in [0.1, 0.15) is 5.82 Å². The van der Waals surface area contributed by atoms with Gasteiger partial charge in [-0.2, -0.15) is 0 Å². The van der Waals surface area contributed by atoms with E-state index in [0.29, 0.717) is 16.7 Å². The lowest BCUT2D eigenvalue weighted by Crippen LogP contribution is -2.04. The Morgan fingerprint density at radius 1 is 1.00 bits per heavy atom. The molecule has 0 saturated carbocycles. The van der Waals surface area contributed by atoms with E-state index in [-0.39, 0.29) is 11.6 Å². The third kappa shape index (κ3) is 2.45. The largest absolute Gasteiger partial charge is 0.289 e. The molecule has 2 nitrogen and oxygen atoms in total. The molecule has 0 spiro atoms. The van der Waals surface area contributed by atoms with Gasteiger partial charge in [-0.05, 0) is 56.7 Å². The molecule has 18 heavy (non-hydrogen) atoms. The fourth-order valence-electron chi connectivity index (χ4n) is 1.92. The van der Waals surface area contributed by atoms with E-state index in [1.54, 1.807) is 25.1 Å². The quantitative estimate of drug-likeness (QED) is 0.757. The summed E-state index contributed by atoms with van der Waals surface area (Å²) >= 11 is 0. The van der Waals surface area contributed by atoms with Crippen LogP contribution < -0.4 is 0 Å². The zero-order chi connectivity index (χ0) is 13.3. The standard InChI is InChI=1S/C15H14FNO/c1-9-6-12(4-5-14(9)16)15(18)13-7-10(2)17-11(3)8-13/h4-8H,1-3H3. The monoisotopic (exact) mass is 243 g/mol. The van der Waals surface area contributed by atoms with Crippen LogP contribution in [0.3, 0.4) is 0 Å². The molecule has 1 heterocycles. The van der Waals surface area contributed by atoms with E-state index in [2.05, 4.69) is 4.98 Å². The van der Waals surface area contributed by atoms with Gasteiger partial charge in [0.05, 0.1) is 0 Å². The molecule has 2 rings (SSSR count). The average molecular weight is 243 g/mol. The van der Waals surface area contributed by atoms with Gasteiger partial charge < -0.3 is 0 Å². The van der Waals surface area contributed by atoms with E-state index in [1.807, 2.05) is 13.8 Å². The Kier molecular flexibility index (Phi) is 3.24. The van der Waals surface area contributed by atoms with Crippen LogP contribution in [0.25, 0.3) is 0 Å². The first kappa shape index (κ1) is 12.4. The second-order valence-electron chi connectivity index (χ2n) is 4.43. The van der Waals surface area contributed by atoms with Crippen molar-refractivity contribution in [1.82, 2.24) is 4.98 Å².